The van der Waals surface area contributed by atoms with Crippen LogP contribution in [-0.2, 0) is 28.0 Å². The highest BCUT2D eigenvalue weighted by molar-refractivity contribution is 6.08. The first-order valence-corrected chi connectivity index (χ1v) is 12.3. The SMILES string of the molecule is C=C(NC(=O)C(=C)N1Cc2c(cccc2-c2ccc3cn(C)nc3c2)C1=O)C(=O)N1CCN(C(C)=O)CC1. The lowest BCUT2D eigenvalue weighted by Crippen LogP contribution is -2.51. The highest BCUT2D eigenvalue weighted by atomic mass is 16.2. The van der Waals surface area contributed by atoms with E-state index in [0.717, 1.165) is 27.6 Å². The number of aromatic nitrogens is 2. The maximum Gasteiger partial charge on any atom is 0.271 e. The summed E-state index contributed by atoms with van der Waals surface area (Å²) in [5.41, 5.74) is 3.74. The summed E-state index contributed by atoms with van der Waals surface area (Å²) in [4.78, 5) is 55.0. The molecule has 4 amide bonds. The van der Waals surface area contributed by atoms with Crippen LogP contribution >= 0.6 is 0 Å². The molecule has 0 radical (unpaired) electrons. The molecule has 0 spiro atoms. The normalized spacial score (nSPS) is 15.0. The van der Waals surface area contributed by atoms with Crippen LogP contribution in [0.25, 0.3) is 22.0 Å². The van der Waals surface area contributed by atoms with Crippen LogP contribution in [0, 0.1) is 0 Å². The van der Waals surface area contributed by atoms with Gasteiger partial charge in [-0.2, -0.15) is 5.10 Å². The van der Waals surface area contributed by atoms with Crippen LogP contribution in [0.3, 0.4) is 0 Å². The lowest BCUT2D eigenvalue weighted by molar-refractivity contribution is -0.136. The fraction of sp³-hybridized carbons (Fsp3) is 0.250. The Bertz CT molecular complexity index is 1530. The number of fused-ring (bicyclic) bond motifs is 2. The van der Waals surface area contributed by atoms with E-state index in [0.29, 0.717) is 31.7 Å². The molecule has 0 aliphatic carbocycles. The van der Waals surface area contributed by atoms with Gasteiger partial charge in [-0.15, -0.1) is 0 Å². The molecule has 194 valence electrons. The molecule has 2 aromatic carbocycles. The van der Waals surface area contributed by atoms with Crippen LogP contribution < -0.4 is 5.32 Å². The molecule has 5 rings (SSSR count). The van der Waals surface area contributed by atoms with E-state index in [-0.39, 0.29) is 29.8 Å². The standard InChI is InChI=1S/C28H28N6O4/c1-17(27(37)33-12-10-32(11-13-33)19(3)35)29-26(36)18(2)34-16-24-22(6-5-7-23(24)28(34)38)20-8-9-21-15-31(4)30-25(21)14-20/h5-9,14-15H,1-2,10-13,16H2,3-4H3,(H,29,36). The van der Waals surface area contributed by atoms with Crippen molar-refractivity contribution >= 4 is 34.5 Å². The second kappa shape index (κ2) is 9.62. The first-order valence-electron chi connectivity index (χ1n) is 12.3. The summed E-state index contributed by atoms with van der Waals surface area (Å²) in [5, 5.41) is 7.99. The monoisotopic (exact) mass is 512 g/mol. The molecule has 10 heteroatoms. The third-order valence-corrected chi connectivity index (χ3v) is 7.02. The molecule has 1 aromatic heterocycles. The molecular formula is C28H28N6O4. The van der Waals surface area contributed by atoms with Gasteiger partial charge in [-0.05, 0) is 28.8 Å². The van der Waals surface area contributed by atoms with E-state index in [9.17, 15) is 19.2 Å². The van der Waals surface area contributed by atoms with Gasteiger partial charge in [0.2, 0.25) is 5.91 Å². The van der Waals surface area contributed by atoms with Crippen molar-refractivity contribution in [1.29, 1.82) is 0 Å². The minimum absolute atomic E-state index is 0.0442. The molecule has 38 heavy (non-hydrogen) atoms. The maximum atomic E-state index is 13.2. The van der Waals surface area contributed by atoms with Crippen molar-refractivity contribution in [2.45, 2.75) is 13.5 Å². The minimum Gasteiger partial charge on any atom is -0.339 e. The summed E-state index contributed by atoms with van der Waals surface area (Å²) in [6.07, 6.45) is 1.94. The Hall–Kier alpha value is -4.73. The van der Waals surface area contributed by atoms with E-state index in [1.807, 2.05) is 43.6 Å². The third kappa shape index (κ3) is 4.45. The highest BCUT2D eigenvalue weighted by Gasteiger charge is 2.34. The summed E-state index contributed by atoms with van der Waals surface area (Å²) in [5.74, 6) is -1.49. The Morgan fingerprint density at radius 2 is 1.66 bits per heavy atom. The number of nitrogens with zero attached hydrogens (tertiary/aromatic N) is 5. The van der Waals surface area contributed by atoms with Gasteiger partial charge in [0.05, 0.1) is 17.8 Å². The summed E-state index contributed by atoms with van der Waals surface area (Å²) < 4.78 is 1.75. The first-order chi connectivity index (χ1) is 18.1. The summed E-state index contributed by atoms with van der Waals surface area (Å²) in [6.45, 7) is 10.8. The minimum atomic E-state index is -0.677. The van der Waals surface area contributed by atoms with Gasteiger partial charge in [-0.1, -0.05) is 37.4 Å². The van der Waals surface area contributed by atoms with Crippen LogP contribution in [0.15, 0.2) is 67.1 Å². The average Bonchev–Trinajstić information content (AvgIpc) is 3.45. The van der Waals surface area contributed by atoms with Crippen molar-refractivity contribution in [2.24, 2.45) is 7.05 Å². The zero-order valence-corrected chi connectivity index (χ0v) is 21.4. The second-order valence-corrected chi connectivity index (χ2v) is 9.48. The smallest absolute Gasteiger partial charge is 0.271 e. The van der Waals surface area contributed by atoms with Crippen LogP contribution in [0.4, 0.5) is 0 Å². The van der Waals surface area contributed by atoms with Gasteiger partial charge in [0.25, 0.3) is 17.7 Å². The van der Waals surface area contributed by atoms with Crippen LogP contribution in [-0.4, -0.2) is 74.3 Å². The summed E-state index contributed by atoms with van der Waals surface area (Å²) in [7, 11) is 1.86. The van der Waals surface area contributed by atoms with E-state index < -0.39 is 11.8 Å². The average molecular weight is 513 g/mol. The molecule has 0 unspecified atom stereocenters. The van der Waals surface area contributed by atoms with E-state index in [1.165, 1.54) is 16.7 Å². The molecule has 2 aliphatic heterocycles. The number of amides is 4. The predicted molar refractivity (Wildman–Crippen MR) is 141 cm³/mol. The van der Waals surface area contributed by atoms with Gasteiger partial charge in [0, 0.05) is 57.3 Å². The number of aryl methyl sites for hydroxylation is 1. The Balaban J connectivity index is 1.28. The summed E-state index contributed by atoms with van der Waals surface area (Å²) >= 11 is 0. The van der Waals surface area contributed by atoms with Crippen molar-refractivity contribution in [3.05, 3.63) is 78.3 Å². The van der Waals surface area contributed by atoms with E-state index in [2.05, 4.69) is 23.6 Å². The second-order valence-electron chi connectivity index (χ2n) is 9.48. The van der Waals surface area contributed by atoms with Crippen molar-refractivity contribution < 1.29 is 19.2 Å². The van der Waals surface area contributed by atoms with Crippen molar-refractivity contribution in [2.75, 3.05) is 26.2 Å². The molecule has 2 aliphatic rings. The Labute approximate surface area is 219 Å². The van der Waals surface area contributed by atoms with Gasteiger partial charge < -0.3 is 15.1 Å². The molecule has 1 N–H and O–H groups in total. The van der Waals surface area contributed by atoms with Gasteiger partial charge in [-0.3, -0.25) is 28.8 Å². The molecule has 0 atom stereocenters. The fourth-order valence-electron chi connectivity index (χ4n) is 4.93. The van der Waals surface area contributed by atoms with Crippen LogP contribution in [0.5, 0.6) is 0 Å². The Morgan fingerprint density at radius 3 is 2.37 bits per heavy atom. The Kier molecular flexibility index (Phi) is 6.31. The zero-order valence-electron chi connectivity index (χ0n) is 21.4. The van der Waals surface area contributed by atoms with Crippen LogP contribution in [0.2, 0.25) is 0 Å². The number of nitrogens with one attached hydrogen (secondary N) is 1. The first kappa shape index (κ1) is 24.9. The third-order valence-electron chi connectivity index (χ3n) is 7.02. The van der Waals surface area contributed by atoms with Crippen LogP contribution in [0.1, 0.15) is 22.8 Å². The zero-order chi connectivity index (χ0) is 27.1. The number of carbonyl (C=O) groups is 4. The number of hydrogen-bond acceptors (Lipinski definition) is 5. The number of benzene rings is 2. The largest absolute Gasteiger partial charge is 0.339 e. The molecule has 0 saturated carbocycles. The molecule has 10 nitrogen and oxygen atoms in total. The Morgan fingerprint density at radius 1 is 0.974 bits per heavy atom. The van der Waals surface area contributed by atoms with E-state index in [1.54, 1.807) is 15.6 Å². The van der Waals surface area contributed by atoms with E-state index >= 15 is 0 Å². The highest BCUT2D eigenvalue weighted by Crippen LogP contribution is 2.35. The molecule has 1 saturated heterocycles. The van der Waals surface area contributed by atoms with Gasteiger partial charge in [0.15, 0.2) is 0 Å². The van der Waals surface area contributed by atoms with Crippen molar-refractivity contribution in [3.63, 3.8) is 0 Å². The van der Waals surface area contributed by atoms with Gasteiger partial charge >= 0.3 is 0 Å². The lowest BCUT2D eigenvalue weighted by Gasteiger charge is -2.34. The van der Waals surface area contributed by atoms with Gasteiger partial charge in [0.1, 0.15) is 5.70 Å². The molecule has 0 bridgehead atoms. The fourth-order valence-corrected chi connectivity index (χ4v) is 4.93. The topological polar surface area (TPSA) is 108 Å². The van der Waals surface area contributed by atoms with E-state index in [4.69, 9.17) is 0 Å². The molecule has 3 heterocycles. The van der Waals surface area contributed by atoms with Crippen molar-refractivity contribution in [1.82, 2.24) is 29.8 Å². The van der Waals surface area contributed by atoms with Gasteiger partial charge in [-0.25, -0.2) is 0 Å². The lowest BCUT2D eigenvalue weighted by atomic mass is 9.96. The summed E-state index contributed by atoms with van der Waals surface area (Å²) in [6, 6.07) is 11.4. The molecule has 1 fully saturated rings. The molecular weight excluding hydrogens is 484 g/mol. The van der Waals surface area contributed by atoms with Crippen molar-refractivity contribution in [3.8, 4) is 11.1 Å². The molecule has 3 aromatic rings. The predicted octanol–water partition coefficient (Wildman–Crippen LogP) is 2.03. The number of hydrogen-bond donors (Lipinski definition) is 1. The quantitative estimate of drug-likeness (QED) is 0.527. The maximum absolute atomic E-state index is 13.2. The number of carbonyl (C=O) groups excluding carboxylic acids is 4. The number of piperazine rings is 1. The number of rotatable bonds is 5.